The minimum absolute atomic E-state index is 0.0151. The maximum absolute atomic E-state index is 12.6. The zero-order valence-electron chi connectivity index (χ0n) is 15.9. The summed E-state index contributed by atoms with van der Waals surface area (Å²) in [7, 11) is 0. The number of esters is 1. The average molecular weight is 400 g/mol. The van der Waals surface area contributed by atoms with Crippen LogP contribution in [0.4, 0.5) is 5.69 Å². The smallest absolute Gasteiger partial charge is 0.306 e. The molecule has 2 aromatic rings. The summed E-state index contributed by atoms with van der Waals surface area (Å²) in [5.41, 5.74) is 3.15. The molecule has 0 saturated heterocycles. The van der Waals surface area contributed by atoms with Gasteiger partial charge in [0.1, 0.15) is 0 Å². The van der Waals surface area contributed by atoms with Crippen LogP contribution in [0.3, 0.4) is 0 Å². The minimum Gasteiger partial charge on any atom is -0.454 e. The van der Waals surface area contributed by atoms with Gasteiger partial charge in [-0.05, 0) is 55.2 Å². The fourth-order valence-corrected chi connectivity index (χ4v) is 3.59. The number of fused-ring (bicyclic) bond motifs is 1. The largest absolute Gasteiger partial charge is 0.454 e. The Kier molecular flexibility index (Phi) is 6.15. The number of hydrogen-bond acceptors (Lipinski definition) is 4. The van der Waals surface area contributed by atoms with Crippen LogP contribution in [-0.2, 0) is 27.2 Å². The monoisotopic (exact) mass is 399 g/mol. The molecule has 2 aromatic carbocycles. The van der Waals surface area contributed by atoms with Gasteiger partial charge in [-0.3, -0.25) is 14.4 Å². The van der Waals surface area contributed by atoms with E-state index in [4.69, 9.17) is 16.3 Å². The average Bonchev–Trinajstić information content (AvgIpc) is 3.10. The number of ether oxygens (including phenoxy) is 1. The Morgan fingerprint density at radius 2 is 1.93 bits per heavy atom. The standard InChI is InChI=1S/C22H22ClNO4/c1-14(28-21(26)10-8-16-5-3-4-6-19(16)23)22(27)18-7-9-20-17(13-18)11-12-24(20)15(2)25/h3-7,9,13-14H,8,10-12H2,1-2H3. The molecule has 0 aliphatic carbocycles. The first-order valence-electron chi connectivity index (χ1n) is 9.25. The first-order valence-corrected chi connectivity index (χ1v) is 9.62. The number of anilines is 1. The first-order chi connectivity index (χ1) is 13.4. The van der Waals surface area contributed by atoms with E-state index in [9.17, 15) is 14.4 Å². The zero-order valence-corrected chi connectivity index (χ0v) is 16.7. The van der Waals surface area contributed by atoms with Crippen LogP contribution in [0.15, 0.2) is 42.5 Å². The van der Waals surface area contributed by atoms with Gasteiger partial charge >= 0.3 is 5.97 Å². The summed E-state index contributed by atoms with van der Waals surface area (Å²) in [6.07, 6.45) is 0.447. The molecule has 5 nitrogen and oxygen atoms in total. The molecule has 1 amide bonds. The Balaban J connectivity index is 1.59. The van der Waals surface area contributed by atoms with Crippen LogP contribution in [0.2, 0.25) is 5.02 Å². The van der Waals surface area contributed by atoms with E-state index in [-0.39, 0.29) is 18.1 Å². The Morgan fingerprint density at radius 3 is 2.64 bits per heavy atom. The van der Waals surface area contributed by atoms with Crippen LogP contribution in [0.5, 0.6) is 0 Å². The highest BCUT2D eigenvalue weighted by Crippen LogP contribution is 2.29. The minimum atomic E-state index is -0.873. The number of halogens is 1. The summed E-state index contributed by atoms with van der Waals surface area (Å²) < 4.78 is 5.31. The third-order valence-corrected chi connectivity index (χ3v) is 5.24. The number of carbonyl (C=O) groups excluding carboxylic acids is 3. The SMILES string of the molecule is CC(=O)N1CCc2cc(C(=O)C(C)OC(=O)CCc3ccccc3Cl)ccc21. The number of nitrogens with zero attached hydrogens (tertiary/aromatic N) is 1. The van der Waals surface area contributed by atoms with E-state index >= 15 is 0 Å². The van der Waals surface area contributed by atoms with E-state index in [1.54, 1.807) is 36.1 Å². The second-order valence-corrected chi connectivity index (χ2v) is 7.26. The second-order valence-electron chi connectivity index (χ2n) is 6.85. The van der Waals surface area contributed by atoms with Gasteiger partial charge < -0.3 is 9.64 Å². The molecule has 0 spiro atoms. The third kappa shape index (κ3) is 4.42. The van der Waals surface area contributed by atoms with E-state index in [0.29, 0.717) is 30.0 Å². The maximum Gasteiger partial charge on any atom is 0.306 e. The molecule has 3 rings (SSSR count). The van der Waals surface area contributed by atoms with Crippen LogP contribution in [-0.4, -0.2) is 30.3 Å². The molecule has 1 atom stereocenters. The lowest BCUT2D eigenvalue weighted by Gasteiger charge is -2.16. The van der Waals surface area contributed by atoms with Crippen LogP contribution < -0.4 is 4.90 Å². The van der Waals surface area contributed by atoms with Crippen molar-refractivity contribution in [3.8, 4) is 0 Å². The first kappa shape index (κ1) is 20.1. The molecule has 0 radical (unpaired) electrons. The number of hydrogen-bond donors (Lipinski definition) is 0. The van der Waals surface area contributed by atoms with Crippen molar-refractivity contribution < 1.29 is 19.1 Å². The fourth-order valence-electron chi connectivity index (χ4n) is 3.36. The van der Waals surface area contributed by atoms with E-state index in [2.05, 4.69) is 0 Å². The van der Waals surface area contributed by atoms with Gasteiger partial charge in [0.2, 0.25) is 11.7 Å². The van der Waals surface area contributed by atoms with Crippen molar-refractivity contribution in [2.24, 2.45) is 0 Å². The van der Waals surface area contributed by atoms with Crippen molar-refractivity contribution in [2.45, 2.75) is 39.2 Å². The van der Waals surface area contributed by atoms with Gasteiger partial charge in [0, 0.05) is 36.2 Å². The molecule has 0 bridgehead atoms. The van der Waals surface area contributed by atoms with Gasteiger partial charge in [-0.1, -0.05) is 29.8 Å². The molecule has 6 heteroatoms. The van der Waals surface area contributed by atoms with Crippen molar-refractivity contribution in [3.63, 3.8) is 0 Å². The van der Waals surface area contributed by atoms with Crippen molar-refractivity contribution in [1.82, 2.24) is 0 Å². The van der Waals surface area contributed by atoms with Crippen molar-refractivity contribution in [2.75, 3.05) is 11.4 Å². The van der Waals surface area contributed by atoms with Crippen molar-refractivity contribution in [1.29, 1.82) is 0 Å². The Hall–Kier alpha value is -2.66. The number of Topliss-reactive ketones (excluding diaryl/α,β-unsaturated/α-hetero) is 1. The summed E-state index contributed by atoms with van der Waals surface area (Å²) in [6, 6.07) is 12.6. The van der Waals surface area contributed by atoms with Crippen LogP contribution in [0.25, 0.3) is 0 Å². The molecule has 146 valence electrons. The molecule has 0 saturated carbocycles. The van der Waals surface area contributed by atoms with Gasteiger partial charge in [-0.2, -0.15) is 0 Å². The van der Waals surface area contributed by atoms with Crippen LogP contribution >= 0.6 is 11.6 Å². The number of amides is 1. The quantitative estimate of drug-likeness (QED) is 0.544. The molecular formula is C22H22ClNO4. The summed E-state index contributed by atoms with van der Waals surface area (Å²) in [4.78, 5) is 38.1. The fraction of sp³-hybridized carbons (Fsp3) is 0.318. The van der Waals surface area contributed by atoms with Gasteiger partial charge in [-0.15, -0.1) is 0 Å². The van der Waals surface area contributed by atoms with E-state index in [1.807, 2.05) is 18.2 Å². The predicted octanol–water partition coefficient (Wildman–Crippen LogP) is 4.00. The number of aryl methyl sites for hydroxylation is 1. The summed E-state index contributed by atoms with van der Waals surface area (Å²) >= 11 is 6.09. The summed E-state index contributed by atoms with van der Waals surface area (Å²) in [5.74, 6) is -0.710. The van der Waals surface area contributed by atoms with E-state index in [1.165, 1.54) is 6.92 Å². The lowest BCUT2D eigenvalue weighted by atomic mass is 10.0. The van der Waals surface area contributed by atoms with Gasteiger partial charge in [-0.25, -0.2) is 0 Å². The molecular weight excluding hydrogens is 378 g/mol. The lowest BCUT2D eigenvalue weighted by Crippen LogP contribution is -2.26. The normalized spacial score (nSPS) is 13.8. The number of ketones is 1. The molecule has 0 N–H and O–H groups in total. The topological polar surface area (TPSA) is 63.7 Å². The highest BCUT2D eigenvalue weighted by Gasteiger charge is 2.25. The summed E-state index contributed by atoms with van der Waals surface area (Å²) in [5, 5.41) is 0.608. The molecule has 28 heavy (non-hydrogen) atoms. The van der Waals surface area contributed by atoms with Gasteiger partial charge in [0.25, 0.3) is 0 Å². The number of rotatable bonds is 6. The second kappa shape index (κ2) is 8.57. The highest BCUT2D eigenvalue weighted by atomic mass is 35.5. The highest BCUT2D eigenvalue weighted by molar-refractivity contribution is 6.31. The van der Waals surface area contributed by atoms with Crippen molar-refractivity contribution >= 4 is 34.9 Å². The summed E-state index contributed by atoms with van der Waals surface area (Å²) in [6.45, 7) is 3.72. The predicted molar refractivity (Wildman–Crippen MR) is 108 cm³/mol. The Labute approximate surface area is 169 Å². The van der Waals surface area contributed by atoms with Gasteiger partial charge in [0.05, 0.1) is 0 Å². The number of benzene rings is 2. The number of carbonyl (C=O) groups is 3. The van der Waals surface area contributed by atoms with Crippen LogP contribution in [0, 0.1) is 0 Å². The maximum atomic E-state index is 12.6. The van der Waals surface area contributed by atoms with Gasteiger partial charge in [0.15, 0.2) is 6.10 Å². The Bertz CT molecular complexity index is 925. The van der Waals surface area contributed by atoms with Crippen molar-refractivity contribution in [3.05, 3.63) is 64.2 Å². The van der Waals surface area contributed by atoms with E-state index in [0.717, 1.165) is 16.8 Å². The molecule has 1 heterocycles. The molecule has 1 aliphatic rings. The molecule has 1 aliphatic heterocycles. The van der Waals surface area contributed by atoms with E-state index < -0.39 is 12.1 Å². The molecule has 0 aromatic heterocycles. The molecule has 0 fully saturated rings. The third-order valence-electron chi connectivity index (χ3n) is 4.87. The zero-order chi connectivity index (χ0) is 20.3. The lowest BCUT2D eigenvalue weighted by molar-refractivity contribution is -0.146. The Morgan fingerprint density at radius 1 is 1.18 bits per heavy atom. The van der Waals surface area contributed by atoms with Crippen LogP contribution in [0.1, 0.15) is 41.8 Å². The molecule has 1 unspecified atom stereocenters.